The first kappa shape index (κ1) is 35.6. The van der Waals surface area contributed by atoms with Crippen molar-refractivity contribution in [1.82, 2.24) is 30.2 Å². The molecular formula is C39H41N7O7S. The van der Waals surface area contributed by atoms with E-state index >= 15 is 0 Å². The van der Waals surface area contributed by atoms with Crippen molar-refractivity contribution in [3.63, 3.8) is 0 Å². The normalized spacial score (nSPS) is 27.1. The molecule has 3 N–H and O–H groups in total. The van der Waals surface area contributed by atoms with Gasteiger partial charge in [-0.2, -0.15) is 0 Å². The molecular weight excluding hydrogens is 711 g/mol. The quantitative estimate of drug-likeness (QED) is 0.188. The van der Waals surface area contributed by atoms with E-state index in [0.29, 0.717) is 37.8 Å². The van der Waals surface area contributed by atoms with Crippen LogP contribution in [0.15, 0.2) is 84.4 Å². The van der Waals surface area contributed by atoms with Gasteiger partial charge in [0.15, 0.2) is 0 Å². The molecule has 0 radical (unpaired) electrons. The van der Waals surface area contributed by atoms with Crippen molar-refractivity contribution in [2.75, 3.05) is 6.54 Å². The molecule has 2 saturated carbocycles. The van der Waals surface area contributed by atoms with Crippen LogP contribution in [-0.4, -0.2) is 88.1 Å². The van der Waals surface area contributed by atoms with Crippen molar-refractivity contribution in [2.24, 2.45) is 11.1 Å². The van der Waals surface area contributed by atoms with Crippen LogP contribution in [0.2, 0.25) is 0 Å². The lowest BCUT2D eigenvalue weighted by molar-refractivity contribution is -0.141. The van der Waals surface area contributed by atoms with E-state index in [4.69, 9.17) is 4.84 Å². The minimum Gasteiger partial charge on any atom is -0.390 e. The Morgan fingerprint density at radius 3 is 2.35 bits per heavy atom. The highest BCUT2D eigenvalue weighted by Gasteiger charge is 2.62. The number of rotatable bonds is 7. The second-order valence-corrected chi connectivity index (χ2v) is 16.6. The molecule has 0 spiro atoms. The number of carbonyl (C=O) groups is 4. The number of fused-ring (bicyclic) bond motifs is 5. The summed E-state index contributed by atoms with van der Waals surface area (Å²) in [5.74, 6) is -2.87. The number of benzene rings is 2. The van der Waals surface area contributed by atoms with E-state index in [-0.39, 0.29) is 25.1 Å². The number of allylic oxidation sites excluding steroid dienone is 1. The van der Waals surface area contributed by atoms with Crippen molar-refractivity contribution in [3.8, 4) is 11.1 Å². The molecule has 5 atom stereocenters. The van der Waals surface area contributed by atoms with E-state index in [1.807, 2.05) is 60.7 Å². The van der Waals surface area contributed by atoms with Gasteiger partial charge in [0.05, 0.1) is 11.8 Å². The molecule has 4 amide bonds. The Morgan fingerprint density at radius 2 is 1.67 bits per heavy atom. The molecule has 280 valence electrons. The summed E-state index contributed by atoms with van der Waals surface area (Å²) in [6.07, 6.45) is 10.2. The smallest absolute Gasteiger partial charge is 0.270 e. The lowest BCUT2D eigenvalue weighted by atomic mass is 10.0. The molecule has 5 aliphatic rings. The zero-order valence-electron chi connectivity index (χ0n) is 29.5. The first-order valence-electron chi connectivity index (χ1n) is 18.5. The van der Waals surface area contributed by atoms with Crippen LogP contribution in [-0.2, 0) is 29.2 Å². The number of nitrogens with one attached hydrogen (secondary N) is 3. The van der Waals surface area contributed by atoms with Gasteiger partial charge >= 0.3 is 0 Å². The average molecular weight is 752 g/mol. The Kier molecular flexibility index (Phi) is 9.50. The molecule has 54 heavy (non-hydrogen) atoms. The first-order valence-corrected chi connectivity index (χ1v) is 20.0. The van der Waals surface area contributed by atoms with Crippen LogP contribution < -0.4 is 15.4 Å². The number of aromatic nitrogens is 2. The second kappa shape index (κ2) is 14.4. The van der Waals surface area contributed by atoms with Crippen molar-refractivity contribution in [3.05, 3.63) is 96.1 Å². The predicted octanol–water partition coefficient (Wildman–Crippen LogP) is 3.00. The van der Waals surface area contributed by atoms with Gasteiger partial charge in [0, 0.05) is 29.7 Å². The maximum absolute atomic E-state index is 14.5. The Bertz CT molecular complexity index is 2110. The lowest BCUT2D eigenvalue weighted by Crippen LogP contribution is -2.58. The Hall–Kier alpha value is -5.44. The zero-order chi connectivity index (χ0) is 37.5. The van der Waals surface area contributed by atoms with Gasteiger partial charge in [-0.05, 0) is 55.7 Å². The maximum atomic E-state index is 14.5. The third kappa shape index (κ3) is 6.99. The van der Waals surface area contributed by atoms with Crippen LogP contribution in [0.3, 0.4) is 0 Å². The number of carbonyl (C=O) groups excluding carboxylic acids is 4. The van der Waals surface area contributed by atoms with Gasteiger partial charge in [-0.1, -0.05) is 78.7 Å². The van der Waals surface area contributed by atoms with Crippen molar-refractivity contribution < 1.29 is 32.4 Å². The summed E-state index contributed by atoms with van der Waals surface area (Å²) in [7, 11) is -3.89. The molecule has 2 unspecified atom stereocenters. The van der Waals surface area contributed by atoms with Gasteiger partial charge in [0.2, 0.25) is 21.8 Å². The number of nitrogens with zero attached hydrogens (tertiary/aromatic N) is 4. The van der Waals surface area contributed by atoms with Crippen LogP contribution in [0.25, 0.3) is 11.1 Å². The number of oxime groups is 1. The summed E-state index contributed by atoms with van der Waals surface area (Å²) in [6.45, 7) is -0.0184. The highest BCUT2D eigenvalue weighted by molar-refractivity contribution is 7.91. The van der Waals surface area contributed by atoms with E-state index in [1.165, 1.54) is 23.5 Å². The standard InChI is InChI=1S/C39H41N7O7S/c47-35(31-18-19-40-23-41-31)42-32-15-5-3-1-2-4-10-24-21-39(24,38(50)45-54(51,52)26-16-17-26)43-36(48)33-20-25(22-46(33)37(32)49)53-44-34-29-13-8-6-11-27(29)28-12-7-9-14-30(28)34/h4,6-14,18-19,23-26,32-33H,1-3,5,15-17,20-22H2,(H,42,47)(H,43,48)(H,45,50)/b10-4-/t24?,25-,32+,33+,39?/m1/s1. The van der Waals surface area contributed by atoms with Gasteiger partial charge in [0.1, 0.15) is 41.5 Å². The molecule has 1 saturated heterocycles. The monoisotopic (exact) mass is 751 g/mol. The van der Waals surface area contributed by atoms with Crippen LogP contribution in [0.4, 0.5) is 0 Å². The first-order chi connectivity index (χ1) is 26.1. The highest BCUT2D eigenvalue weighted by atomic mass is 32.2. The summed E-state index contributed by atoms with van der Waals surface area (Å²) >= 11 is 0. The van der Waals surface area contributed by atoms with Gasteiger partial charge < -0.3 is 20.4 Å². The topological polar surface area (TPSA) is 189 Å². The van der Waals surface area contributed by atoms with Gasteiger partial charge in [-0.3, -0.25) is 23.9 Å². The Morgan fingerprint density at radius 1 is 0.944 bits per heavy atom. The van der Waals surface area contributed by atoms with Crippen molar-refractivity contribution in [2.45, 2.75) is 86.8 Å². The van der Waals surface area contributed by atoms with E-state index in [0.717, 1.165) is 35.1 Å². The number of hydrogen-bond donors (Lipinski definition) is 3. The van der Waals surface area contributed by atoms with Crippen molar-refractivity contribution in [1.29, 1.82) is 0 Å². The SMILES string of the molecule is O=C(N[C@H]1CCCCC/C=C\C2CC2(C(=O)NS(=O)(=O)C2CC2)NC(=O)[C@@H]2C[C@@H](ON=C3c4ccccc4-c4ccccc43)CN2C1=O)c1ccncn1. The Balaban J connectivity index is 1.10. The number of amides is 4. The average Bonchev–Trinajstić information content (AvgIpc) is 4.09. The largest absolute Gasteiger partial charge is 0.390 e. The fourth-order valence-corrected chi connectivity index (χ4v) is 9.08. The van der Waals surface area contributed by atoms with Gasteiger partial charge in [0.25, 0.3) is 11.8 Å². The molecule has 1 aromatic heterocycles. The number of sulfonamides is 1. The lowest BCUT2D eigenvalue weighted by Gasteiger charge is -2.29. The summed E-state index contributed by atoms with van der Waals surface area (Å²) in [6, 6.07) is 15.1. The molecule has 8 rings (SSSR count). The zero-order valence-corrected chi connectivity index (χ0v) is 30.3. The summed E-state index contributed by atoms with van der Waals surface area (Å²) in [4.78, 5) is 71.4. The fraction of sp³-hybridized carbons (Fsp3) is 0.410. The molecule has 2 aromatic carbocycles. The third-order valence-electron chi connectivity index (χ3n) is 10.9. The molecule has 3 heterocycles. The highest BCUT2D eigenvalue weighted by Crippen LogP contribution is 2.46. The van der Waals surface area contributed by atoms with Crippen LogP contribution >= 0.6 is 0 Å². The van der Waals surface area contributed by atoms with E-state index < -0.39 is 68.5 Å². The minimum atomic E-state index is -3.89. The summed E-state index contributed by atoms with van der Waals surface area (Å²) in [5, 5.41) is 9.69. The molecule has 14 nitrogen and oxygen atoms in total. The van der Waals surface area contributed by atoms with E-state index in [2.05, 4.69) is 30.5 Å². The molecule has 0 bridgehead atoms. The molecule has 3 aromatic rings. The minimum absolute atomic E-state index is 0.0184. The van der Waals surface area contributed by atoms with Crippen LogP contribution in [0, 0.1) is 5.92 Å². The molecule has 3 aliphatic carbocycles. The van der Waals surface area contributed by atoms with Gasteiger partial charge in [-0.15, -0.1) is 0 Å². The molecule has 15 heteroatoms. The van der Waals surface area contributed by atoms with E-state index in [1.54, 1.807) is 0 Å². The van der Waals surface area contributed by atoms with E-state index in [9.17, 15) is 27.6 Å². The predicted molar refractivity (Wildman–Crippen MR) is 197 cm³/mol. The van der Waals surface area contributed by atoms with Gasteiger partial charge in [-0.25, -0.2) is 18.4 Å². The number of hydrogen-bond acceptors (Lipinski definition) is 10. The van der Waals surface area contributed by atoms with Crippen molar-refractivity contribution >= 4 is 39.4 Å². The van der Waals surface area contributed by atoms with Crippen LogP contribution in [0.5, 0.6) is 0 Å². The molecule has 2 aliphatic heterocycles. The third-order valence-corrected chi connectivity index (χ3v) is 12.7. The summed E-state index contributed by atoms with van der Waals surface area (Å²) in [5.41, 5.74) is 3.07. The maximum Gasteiger partial charge on any atom is 0.270 e. The Labute approximate surface area is 312 Å². The molecule has 3 fully saturated rings. The second-order valence-electron chi connectivity index (χ2n) is 14.6. The van der Waals surface area contributed by atoms with Crippen LogP contribution in [0.1, 0.15) is 79.4 Å². The fourth-order valence-electron chi connectivity index (χ4n) is 7.72. The summed E-state index contributed by atoms with van der Waals surface area (Å²) < 4.78 is 27.9.